The number of piperazine rings is 1. The number of aromatic nitrogens is 1. The van der Waals surface area contributed by atoms with Gasteiger partial charge in [-0.1, -0.05) is 17.3 Å². The van der Waals surface area contributed by atoms with Crippen LogP contribution in [0.2, 0.25) is 0 Å². The highest BCUT2D eigenvalue weighted by Gasteiger charge is 2.31. The van der Waals surface area contributed by atoms with Crippen LogP contribution in [0.15, 0.2) is 56.5 Å². The van der Waals surface area contributed by atoms with Crippen molar-refractivity contribution in [2.45, 2.75) is 25.3 Å². The minimum absolute atomic E-state index is 0.413. The second kappa shape index (κ2) is 7.54. The summed E-state index contributed by atoms with van der Waals surface area (Å²) >= 11 is 0. The summed E-state index contributed by atoms with van der Waals surface area (Å²) in [6.07, 6.45) is 1.60. The van der Waals surface area contributed by atoms with E-state index in [9.17, 15) is 8.42 Å². The first-order chi connectivity index (χ1) is 13.4. The van der Waals surface area contributed by atoms with E-state index in [2.05, 4.69) is 5.16 Å². The molecule has 0 bridgehead atoms. The Morgan fingerprint density at radius 1 is 1.11 bits per heavy atom. The first-order valence-corrected chi connectivity index (χ1v) is 10.8. The van der Waals surface area contributed by atoms with Gasteiger partial charge in [0.15, 0.2) is 5.76 Å². The summed E-state index contributed by atoms with van der Waals surface area (Å²) in [6.45, 7) is 6.90. The van der Waals surface area contributed by atoms with E-state index in [4.69, 9.17) is 8.94 Å². The van der Waals surface area contributed by atoms with Crippen LogP contribution in [0.4, 0.5) is 0 Å². The molecule has 3 heterocycles. The van der Waals surface area contributed by atoms with E-state index in [0.29, 0.717) is 36.1 Å². The molecule has 28 heavy (non-hydrogen) atoms. The van der Waals surface area contributed by atoms with Crippen LogP contribution in [0.25, 0.3) is 11.5 Å². The normalized spacial score (nSPS) is 16.5. The number of benzene rings is 1. The molecule has 4 rings (SSSR count). The summed E-state index contributed by atoms with van der Waals surface area (Å²) in [5.74, 6) is 1.26. The zero-order valence-corrected chi connectivity index (χ0v) is 16.8. The van der Waals surface area contributed by atoms with Crippen molar-refractivity contribution < 1.29 is 22.3 Å². The molecule has 1 fully saturated rings. The largest absolute Gasteiger partial charge is 0.461 e. The van der Waals surface area contributed by atoms with Crippen molar-refractivity contribution in [3.63, 3.8) is 0 Å². The van der Waals surface area contributed by atoms with Gasteiger partial charge in [-0.15, -0.1) is 0 Å². The van der Waals surface area contributed by atoms with Crippen LogP contribution >= 0.6 is 0 Å². The van der Waals surface area contributed by atoms with E-state index in [1.54, 1.807) is 22.7 Å². The van der Waals surface area contributed by atoms with Crippen molar-refractivity contribution >= 4 is 10.0 Å². The number of furan rings is 1. The van der Waals surface area contributed by atoms with E-state index in [1.807, 2.05) is 38.1 Å². The summed E-state index contributed by atoms with van der Waals surface area (Å²) in [5, 5.41) is 4.12. The molecular weight excluding hydrogens is 378 g/mol. The molecule has 0 atom stereocenters. The highest BCUT2D eigenvalue weighted by atomic mass is 32.2. The average Bonchev–Trinajstić information content (AvgIpc) is 3.36. The van der Waals surface area contributed by atoms with E-state index >= 15 is 0 Å². The number of hydrogen-bond donors (Lipinski definition) is 1. The number of quaternary nitrogens is 1. The molecule has 1 saturated heterocycles. The Morgan fingerprint density at radius 2 is 1.89 bits per heavy atom. The van der Waals surface area contributed by atoms with Crippen LogP contribution in [-0.4, -0.2) is 44.1 Å². The Hall–Kier alpha value is -2.42. The Bertz CT molecular complexity index is 1050. The maximum absolute atomic E-state index is 13.0. The standard InChI is InChI=1S/C20H23N3O4S/c1-15-5-6-16(2)20(12-15)28(24,25)23-9-7-22(8-10-23)14-17-13-19(27-21-17)18-4-3-11-26-18/h3-6,11-13H,7-10,14H2,1-2H3/p+1. The smallest absolute Gasteiger partial charge is 0.243 e. The van der Waals surface area contributed by atoms with Crippen LogP contribution in [0, 0.1) is 13.8 Å². The molecule has 7 nitrogen and oxygen atoms in total. The van der Waals surface area contributed by atoms with Crippen molar-refractivity contribution in [3.05, 3.63) is 59.5 Å². The third kappa shape index (κ3) is 3.76. The molecule has 1 aliphatic heterocycles. The third-order valence-corrected chi connectivity index (χ3v) is 7.19. The van der Waals surface area contributed by atoms with Gasteiger partial charge in [0, 0.05) is 6.07 Å². The van der Waals surface area contributed by atoms with Gasteiger partial charge in [-0.05, 0) is 43.2 Å². The fraction of sp³-hybridized carbons (Fsp3) is 0.350. The quantitative estimate of drug-likeness (QED) is 0.702. The molecule has 2 aromatic heterocycles. The number of sulfonamides is 1. The molecule has 8 heteroatoms. The van der Waals surface area contributed by atoms with Gasteiger partial charge in [0.25, 0.3) is 0 Å². The van der Waals surface area contributed by atoms with Gasteiger partial charge in [-0.25, -0.2) is 8.42 Å². The van der Waals surface area contributed by atoms with E-state index in [0.717, 1.165) is 29.9 Å². The topological polar surface area (TPSA) is 81.0 Å². The summed E-state index contributed by atoms with van der Waals surface area (Å²) in [5.41, 5.74) is 2.58. The number of aryl methyl sites for hydroxylation is 2. The van der Waals surface area contributed by atoms with E-state index in [1.165, 1.54) is 4.90 Å². The molecule has 0 amide bonds. The lowest BCUT2D eigenvalue weighted by Gasteiger charge is -2.31. The molecule has 0 aliphatic carbocycles. The van der Waals surface area contributed by atoms with Gasteiger partial charge in [-0.3, -0.25) is 0 Å². The Morgan fingerprint density at radius 3 is 2.61 bits per heavy atom. The first-order valence-electron chi connectivity index (χ1n) is 9.34. The summed E-state index contributed by atoms with van der Waals surface area (Å²) < 4.78 is 38.3. The van der Waals surface area contributed by atoms with Gasteiger partial charge >= 0.3 is 0 Å². The van der Waals surface area contributed by atoms with Crippen LogP contribution in [-0.2, 0) is 16.6 Å². The predicted octanol–water partition coefficient (Wildman–Crippen LogP) is 1.64. The highest BCUT2D eigenvalue weighted by Crippen LogP contribution is 2.22. The zero-order valence-electron chi connectivity index (χ0n) is 16.0. The fourth-order valence-electron chi connectivity index (χ4n) is 3.53. The molecule has 1 aromatic carbocycles. The number of nitrogens with zero attached hydrogens (tertiary/aromatic N) is 2. The summed E-state index contributed by atoms with van der Waals surface area (Å²) in [7, 11) is -3.46. The Labute approximate surface area is 164 Å². The lowest BCUT2D eigenvalue weighted by Crippen LogP contribution is -3.13. The van der Waals surface area contributed by atoms with Crippen molar-refractivity contribution in [2.24, 2.45) is 0 Å². The van der Waals surface area contributed by atoms with Gasteiger partial charge in [0.05, 0.1) is 37.3 Å². The fourth-order valence-corrected chi connectivity index (χ4v) is 5.28. The van der Waals surface area contributed by atoms with Crippen LogP contribution in [0.5, 0.6) is 0 Å². The second-order valence-electron chi connectivity index (χ2n) is 7.26. The van der Waals surface area contributed by atoms with Crippen molar-refractivity contribution in [1.82, 2.24) is 9.46 Å². The molecule has 1 aliphatic rings. The molecule has 0 saturated carbocycles. The molecule has 0 unspecified atom stereocenters. The third-order valence-electron chi connectivity index (χ3n) is 5.15. The summed E-state index contributed by atoms with van der Waals surface area (Å²) in [4.78, 5) is 1.70. The number of rotatable bonds is 5. The van der Waals surface area contributed by atoms with Crippen LogP contribution in [0.1, 0.15) is 16.8 Å². The van der Waals surface area contributed by atoms with Crippen LogP contribution < -0.4 is 4.90 Å². The van der Waals surface area contributed by atoms with Gasteiger partial charge in [-0.2, -0.15) is 4.31 Å². The Kier molecular flexibility index (Phi) is 5.09. The molecule has 0 spiro atoms. The predicted molar refractivity (Wildman–Crippen MR) is 103 cm³/mol. The van der Waals surface area contributed by atoms with Gasteiger partial charge in [0.1, 0.15) is 12.2 Å². The molecule has 3 aromatic rings. The van der Waals surface area contributed by atoms with Crippen LogP contribution in [0.3, 0.4) is 0 Å². The van der Waals surface area contributed by atoms with Gasteiger partial charge in [0.2, 0.25) is 15.8 Å². The first kappa shape index (κ1) is 18.9. The second-order valence-corrected chi connectivity index (χ2v) is 9.17. The van der Waals surface area contributed by atoms with Crippen molar-refractivity contribution in [2.75, 3.05) is 26.2 Å². The van der Waals surface area contributed by atoms with E-state index in [-0.39, 0.29) is 0 Å². The minimum Gasteiger partial charge on any atom is -0.461 e. The maximum atomic E-state index is 13.0. The minimum atomic E-state index is -3.46. The monoisotopic (exact) mass is 402 g/mol. The number of hydrogen-bond acceptors (Lipinski definition) is 5. The maximum Gasteiger partial charge on any atom is 0.243 e. The van der Waals surface area contributed by atoms with Gasteiger partial charge < -0.3 is 13.8 Å². The van der Waals surface area contributed by atoms with E-state index < -0.39 is 10.0 Å². The Balaban J connectivity index is 1.40. The molecule has 0 radical (unpaired) electrons. The molecule has 148 valence electrons. The average molecular weight is 402 g/mol. The molecular formula is C20H24N3O4S+. The van der Waals surface area contributed by atoms with Crippen molar-refractivity contribution in [1.29, 1.82) is 0 Å². The molecule has 1 N–H and O–H groups in total. The zero-order chi connectivity index (χ0) is 19.7. The number of nitrogens with one attached hydrogen (secondary N) is 1. The SMILES string of the molecule is Cc1ccc(C)c(S(=O)(=O)N2CC[NH+](Cc3cc(-c4ccco4)on3)CC2)c1. The summed E-state index contributed by atoms with van der Waals surface area (Å²) in [6, 6.07) is 11.1. The lowest BCUT2D eigenvalue weighted by molar-refractivity contribution is -0.917. The highest BCUT2D eigenvalue weighted by molar-refractivity contribution is 7.89. The lowest BCUT2D eigenvalue weighted by atomic mass is 10.2. The van der Waals surface area contributed by atoms with Crippen molar-refractivity contribution in [3.8, 4) is 11.5 Å².